The van der Waals surface area contributed by atoms with Crippen molar-refractivity contribution in [2.75, 3.05) is 12.4 Å². The number of anilines is 1. The molecule has 1 aliphatic heterocycles. The van der Waals surface area contributed by atoms with Crippen molar-refractivity contribution < 1.29 is 9.53 Å². The van der Waals surface area contributed by atoms with Crippen LogP contribution in [0, 0.1) is 5.92 Å². The van der Waals surface area contributed by atoms with E-state index in [4.69, 9.17) is 27.9 Å². The molecule has 2 aromatic rings. The first kappa shape index (κ1) is 16.5. The Morgan fingerprint density at radius 2 is 1.96 bits per heavy atom. The summed E-state index contributed by atoms with van der Waals surface area (Å²) in [5.41, 5.74) is 3.77. The van der Waals surface area contributed by atoms with Crippen LogP contribution >= 0.6 is 23.2 Å². The quantitative estimate of drug-likeness (QED) is 0.549. The van der Waals surface area contributed by atoms with Gasteiger partial charge in [-0.1, -0.05) is 47.5 Å². The number of rotatable bonds is 2. The Balaban J connectivity index is 1.73. The summed E-state index contributed by atoms with van der Waals surface area (Å²) >= 11 is 12.7. The molecule has 0 aromatic heterocycles. The summed E-state index contributed by atoms with van der Waals surface area (Å²) in [4.78, 5) is 11.6. The molecule has 3 atom stereocenters. The smallest absolute Gasteiger partial charge is 0.337 e. The molecule has 5 heteroatoms. The molecule has 1 aliphatic carbocycles. The number of halogens is 2. The molecule has 0 spiro atoms. The van der Waals surface area contributed by atoms with Crippen LogP contribution in [-0.4, -0.2) is 13.1 Å². The largest absolute Gasteiger partial charge is 0.465 e. The van der Waals surface area contributed by atoms with Crippen LogP contribution in [-0.2, 0) is 4.74 Å². The molecule has 0 saturated carbocycles. The number of carbonyl (C=O) groups excluding carboxylic acids is 1. The van der Waals surface area contributed by atoms with Gasteiger partial charge < -0.3 is 10.1 Å². The second-order valence-electron chi connectivity index (χ2n) is 6.44. The molecule has 1 heterocycles. The molecule has 128 valence electrons. The van der Waals surface area contributed by atoms with E-state index in [1.54, 1.807) is 18.2 Å². The van der Waals surface area contributed by atoms with Crippen molar-refractivity contribution in [3.05, 3.63) is 75.3 Å². The molecule has 0 radical (unpaired) electrons. The van der Waals surface area contributed by atoms with Crippen molar-refractivity contribution in [2.45, 2.75) is 18.4 Å². The zero-order valence-corrected chi connectivity index (χ0v) is 15.1. The fraction of sp³-hybridized carbons (Fsp3) is 0.250. The first-order chi connectivity index (χ1) is 12.1. The lowest BCUT2D eigenvalue weighted by Crippen LogP contribution is -2.29. The second-order valence-corrected chi connectivity index (χ2v) is 7.28. The maximum Gasteiger partial charge on any atom is 0.337 e. The highest BCUT2D eigenvalue weighted by molar-refractivity contribution is 6.36. The van der Waals surface area contributed by atoms with E-state index in [9.17, 15) is 4.79 Å². The summed E-state index contributed by atoms with van der Waals surface area (Å²) in [7, 11) is 1.39. The van der Waals surface area contributed by atoms with E-state index in [1.807, 2.05) is 18.2 Å². The van der Waals surface area contributed by atoms with Gasteiger partial charge in [0.25, 0.3) is 0 Å². The summed E-state index contributed by atoms with van der Waals surface area (Å²) in [6.07, 6.45) is 5.45. The van der Waals surface area contributed by atoms with Crippen LogP contribution in [0.1, 0.15) is 39.9 Å². The summed E-state index contributed by atoms with van der Waals surface area (Å²) in [6, 6.07) is 11.5. The first-order valence-electron chi connectivity index (χ1n) is 8.19. The van der Waals surface area contributed by atoms with Crippen LogP contribution in [0.5, 0.6) is 0 Å². The van der Waals surface area contributed by atoms with Crippen LogP contribution < -0.4 is 5.32 Å². The maximum absolute atomic E-state index is 11.6. The summed E-state index contributed by atoms with van der Waals surface area (Å²) in [5.74, 6) is 0.357. The van der Waals surface area contributed by atoms with Crippen LogP contribution in [0.3, 0.4) is 0 Å². The van der Waals surface area contributed by atoms with E-state index < -0.39 is 0 Å². The number of benzene rings is 2. The van der Waals surface area contributed by atoms with Gasteiger partial charge in [-0.15, -0.1) is 0 Å². The highest BCUT2D eigenvalue weighted by Crippen LogP contribution is 2.52. The molecule has 2 aliphatic rings. The van der Waals surface area contributed by atoms with E-state index in [1.165, 1.54) is 7.11 Å². The zero-order chi connectivity index (χ0) is 17.6. The second kappa shape index (κ2) is 6.40. The SMILES string of the molecule is COC(=O)c1ccc([C@@H]2Nc3c(Cl)cc(Cl)cc3[C@@H]3C=CC[C@@H]32)cc1. The molecule has 0 saturated heterocycles. The molecule has 1 N–H and O–H groups in total. The number of ether oxygens (including phenoxy) is 1. The van der Waals surface area contributed by atoms with Gasteiger partial charge in [0.05, 0.1) is 29.4 Å². The van der Waals surface area contributed by atoms with Gasteiger partial charge in [0.1, 0.15) is 0 Å². The number of hydrogen-bond donors (Lipinski definition) is 1. The van der Waals surface area contributed by atoms with Crippen molar-refractivity contribution >= 4 is 34.9 Å². The number of esters is 1. The average molecular weight is 374 g/mol. The molecule has 2 aromatic carbocycles. The van der Waals surface area contributed by atoms with Gasteiger partial charge in [0, 0.05) is 10.9 Å². The Morgan fingerprint density at radius 1 is 1.20 bits per heavy atom. The molecule has 3 nitrogen and oxygen atoms in total. The van der Waals surface area contributed by atoms with Gasteiger partial charge >= 0.3 is 5.97 Å². The van der Waals surface area contributed by atoms with Crippen molar-refractivity contribution in [3.63, 3.8) is 0 Å². The van der Waals surface area contributed by atoms with Gasteiger partial charge in [0.15, 0.2) is 0 Å². The van der Waals surface area contributed by atoms with Crippen molar-refractivity contribution in [3.8, 4) is 0 Å². The fourth-order valence-corrected chi connectivity index (χ4v) is 4.46. The van der Waals surface area contributed by atoms with Crippen LogP contribution in [0.2, 0.25) is 10.0 Å². The standard InChI is InChI=1S/C20H17Cl2NO2/c1-25-20(24)12-7-5-11(6-8-12)18-15-4-2-3-14(15)16-9-13(21)10-17(22)19(16)23-18/h2-3,5-10,14-15,18,23H,4H2,1H3/t14-,15+,18+/m1/s1. The minimum absolute atomic E-state index is 0.123. The van der Waals surface area contributed by atoms with Gasteiger partial charge in [-0.3, -0.25) is 0 Å². The van der Waals surface area contributed by atoms with E-state index in [2.05, 4.69) is 17.5 Å². The van der Waals surface area contributed by atoms with E-state index in [0.717, 1.165) is 23.2 Å². The van der Waals surface area contributed by atoms with Gasteiger partial charge in [-0.25, -0.2) is 4.79 Å². The predicted molar refractivity (Wildman–Crippen MR) is 101 cm³/mol. The highest BCUT2D eigenvalue weighted by atomic mass is 35.5. The number of methoxy groups -OCH3 is 1. The Labute approximate surface area is 156 Å². The number of allylic oxidation sites excluding steroid dienone is 2. The first-order valence-corrected chi connectivity index (χ1v) is 8.94. The fourth-order valence-electron chi connectivity index (χ4n) is 3.90. The normalized spacial score (nSPS) is 23.6. The van der Waals surface area contributed by atoms with Gasteiger partial charge in [-0.2, -0.15) is 0 Å². The average Bonchev–Trinajstić information content (AvgIpc) is 3.11. The van der Waals surface area contributed by atoms with Crippen LogP contribution in [0.4, 0.5) is 5.69 Å². The van der Waals surface area contributed by atoms with E-state index in [-0.39, 0.29) is 17.9 Å². The monoisotopic (exact) mass is 373 g/mol. The predicted octanol–water partition coefficient (Wildman–Crippen LogP) is 5.61. The van der Waals surface area contributed by atoms with Crippen LogP contribution in [0.25, 0.3) is 0 Å². The molecule has 0 unspecified atom stereocenters. The molecule has 25 heavy (non-hydrogen) atoms. The Hall–Kier alpha value is -1.97. The summed E-state index contributed by atoms with van der Waals surface area (Å²) in [5, 5.41) is 4.89. The molecule has 4 rings (SSSR count). The van der Waals surface area contributed by atoms with E-state index >= 15 is 0 Å². The maximum atomic E-state index is 11.6. The molecular weight excluding hydrogens is 357 g/mol. The number of carbonyl (C=O) groups is 1. The third-order valence-electron chi connectivity index (χ3n) is 5.08. The third-order valence-corrected chi connectivity index (χ3v) is 5.59. The number of hydrogen-bond acceptors (Lipinski definition) is 3. The third kappa shape index (κ3) is 2.82. The van der Waals surface area contributed by atoms with Crippen molar-refractivity contribution in [1.29, 1.82) is 0 Å². The summed E-state index contributed by atoms with van der Waals surface area (Å²) in [6.45, 7) is 0. The van der Waals surface area contributed by atoms with Crippen LogP contribution in [0.15, 0.2) is 48.6 Å². The lowest BCUT2D eigenvalue weighted by Gasteiger charge is -2.38. The molecule has 0 fully saturated rings. The van der Waals surface area contributed by atoms with Crippen molar-refractivity contribution in [2.24, 2.45) is 5.92 Å². The number of fused-ring (bicyclic) bond motifs is 3. The Kier molecular flexibility index (Phi) is 4.22. The summed E-state index contributed by atoms with van der Waals surface area (Å²) < 4.78 is 4.77. The Bertz CT molecular complexity index is 861. The Morgan fingerprint density at radius 3 is 2.68 bits per heavy atom. The molecule has 0 bridgehead atoms. The minimum atomic E-state index is -0.327. The zero-order valence-electron chi connectivity index (χ0n) is 13.6. The highest BCUT2D eigenvalue weighted by Gasteiger charge is 2.38. The number of nitrogens with one attached hydrogen (secondary N) is 1. The molecular formula is C20H17Cl2NO2. The lowest BCUT2D eigenvalue weighted by molar-refractivity contribution is 0.0600. The van der Waals surface area contributed by atoms with Gasteiger partial charge in [0.2, 0.25) is 0 Å². The minimum Gasteiger partial charge on any atom is -0.465 e. The van der Waals surface area contributed by atoms with E-state index in [0.29, 0.717) is 21.5 Å². The van der Waals surface area contributed by atoms with Crippen molar-refractivity contribution in [1.82, 2.24) is 0 Å². The molecule has 0 amide bonds. The topological polar surface area (TPSA) is 38.3 Å². The van der Waals surface area contributed by atoms with Gasteiger partial charge in [-0.05, 0) is 47.7 Å². The lowest BCUT2D eigenvalue weighted by atomic mass is 9.77.